The zero-order chi connectivity index (χ0) is 13.0. The molecule has 0 aromatic carbocycles. The Morgan fingerprint density at radius 1 is 1.61 bits per heavy atom. The van der Waals surface area contributed by atoms with Crippen LogP contribution in [0.2, 0.25) is 4.34 Å². The molecule has 0 fully saturated rings. The third-order valence-electron chi connectivity index (χ3n) is 2.17. The second-order valence-corrected chi connectivity index (χ2v) is 5.10. The van der Waals surface area contributed by atoms with E-state index in [-0.39, 0.29) is 5.97 Å². The summed E-state index contributed by atoms with van der Waals surface area (Å²) in [5.41, 5.74) is 1.66. The van der Waals surface area contributed by atoms with Gasteiger partial charge in [-0.15, -0.1) is 11.3 Å². The van der Waals surface area contributed by atoms with Crippen molar-refractivity contribution in [3.05, 3.63) is 34.3 Å². The molecule has 0 saturated heterocycles. The number of H-pyrrole nitrogens is 1. The first kappa shape index (κ1) is 12.9. The lowest BCUT2D eigenvalue weighted by Gasteiger charge is -1.96. The van der Waals surface area contributed by atoms with Gasteiger partial charge in [0.05, 0.1) is 27.7 Å². The number of hydrogen-bond donors (Lipinski definition) is 1. The second kappa shape index (κ2) is 5.84. The molecule has 94 valence electrons. The van der Waals surface area contributed by atoms with Crippen LogP contribution in [0.4, 0.5) is 0 Å². The third-order valence-corrected chi connectivity index (χ3v) is 3.42. The lowest BCUT2D eigenvalue weighted by Crippen LogP contribution is -1.98. The molecule has 2 aromatic heterocycles. The number of carbonyl (C=O) groups is 1. The van der Waals surface area contributed by atoms with E-state index in [9.17, 15) is 4.79 Å². The molecule has 0 radical (unpaired) electrons. The highest BCUT2D eigenvalue weighted by molar-refractivity contribution is 7.19. The SMILES string of the molecule is CCOC(=O)/C=C/c1cn[nH]c1-c1ccc(Cl)s1. The maximum absolute atomic E-state index is 11.2. The van der Waals surface area contributed by atoms with Crippen LogP contribution in [0.15, 0.2) is 24.4 Å². The molecular weight excluding hydrogens is 272 g/mol. The zero-order valence-corrected chi connectivity index (χ0v) is 11.2. The fourth-order valence-electron chi connectivity index (χ4n) is 1.42. The number of thiophene rings is 1. The molecule has 0 aliphatic rings. The fourth-order valence-corrected chi connectivity index (χ4v) is 2.48. The number of halogens is 1. The number of hydrogen-bond acceptors (Lipinski definition) is 4. The molecule has 2 rings (SSSR count). The Hall–Kier alpha value is -1.59. The molecule has 0 unspecified atom stereocenters. The minimum Gasteiger partial charge on any atom is -0.463 e. The number of nitrogens with zero attached hydrogens (tertiary/aromatic N) is 1. The van der Waals surface area contributed by atoms with Gasteiger partial charge >= 0.3 is 5.97 Å². The Labute approximate surface area is 113 Å². The van der Waals surface area contributed by atoms with Crippen LogP contribution in [0.3, 0.4) is 0 Å². The van der Waals surface area contributed by atoms with Gasteiger partial charge < -0.3 is 4.74 Å². The van der Waals surface area contributed by atoms with E-state index < -0.39 is 0 Å². The predicted octanol–water partition coefficient (Wildman–Crippen LogP) is 3.37. The summed E-state index contributed by atoms with van der Waals surface area (Å²) < 4.78 is 5.52. The summed E-state index contributed by atoms with van der Waals surface area (Å²) in [4.78, 5) is 12.2. The molecule has 2 heterocycles. The average Bonchev–Trinajstić information content (AvgIpc) is 2.95. The molecular formula is C12H11ClN2O2S. The Morgan fingerprint density at radius 2 is 2.44 bits per heavy atom. The largest absolute Gasteiger partial charge is 0.463 e. The van der Waals surface area contributed by atoms with Crippen LogP contribution in [0.5, 0.6) is 0 Å². The van der Waals surface area contributed by atoms with E-state index in [1.807, 2.05) is 12.1 Å². The van der Waals surface area contributed by atoms with Crippen molar-refractivity contribution < 1.29 is 9.53 Å². The molecule has 6 heteroatoms. The minimum atomic E-state index is -0.367. The van der Waals surface area contributed by atoms with E-state index in [2.05, 4.69) is 10.2 Å². The van der Waals surface area contributed by atoms with Crippen molar-refractivity contribution in [2.75, 3.05) is 6.61 Å². The van der Waals surface area contributed by atoms with Gasteiger partial charge in [-0.2, -0.15) is 5.10 Å². The minimum absolute atomic E-state index is 0.363. The molecule has 0 amide bonds. The maximum Gasteiger partial charge on any atom is 0.330 e. The number of aromatic amines is 1. The highest BCUT2D eigenvalue weighted by Gasteiger charge is 2.08. The first-order valence-electron chi connectivity index (χ1n) is 5.34. The number of nitrogens with one attached hydrogen (secondary N) is 1. The smallest absolute Gasteiger partial charge is 0.330 e. The maximum atomic E-state index is 11.2. The molecule has 0 spiro atoms. The lowest BCUT2D eigenvalue weighted by molar-refractivity contribution is -0.137. The third kappa shape index (κ3) is 3.00. The number of ether oxygens (including phenoxy) is 1. The van der Waals surface area contributed by atoms with E-state index in [4.69, 9.17) is 16.3 Å². The topological polar surface area (TPSA) is 55.0 Å². The molecule has 0 saturated carbocycles. The molecule has 0 atom stereocenters. The summed E-state index contributed by atoms with van der Waals surface area (Å²) >= 11 is 7.34. The van der Waals surface area contributed by atoms with Crippen molar-refractivity contribution in [2.45, 2.75) is 6.92 Å². The van der Waals surface area contributed by atoms with E-state index in [0.717, 1.165) is 16.1 Å². The first-order valence-corrected chi connectivity index (χ1v) is 6.54. The van der Waals surface area contributed by atoms with Crippen molar-refractivity contribution in [3.8, 4) is 10.6 Å². The molecule has 0 aliphatic carbocycles. The van der Waals surface area contributed by atoms with Crippen molar-refractivity contribution in [1.29, 1.82) is 0 Å². The summed E-state index contributed by atoms with van der Waals surface area (Å²) in [5, 5.41) is 6.86. The quantitative estimate of drug-likeness (QED) is 0.691. The van der Waals surface area contributed by atoms with Gasteiger partial charge in [-0.1, -0.05) is 11.6 Å². The molecule has 1 N–H and O–H groups in total. The van der Waals surface area contributed by atoms with Crippen molar-refractivity contribution >= 4 is 35.0 Å². The van der Waals surface area contributed by atoms with Gasteiger partial charge in [0.1, 0.15) is 0 Å². The Kier molecular flexibility index (Phi) is 4.17. The summed E-state index contributed by atoms with van der Waals surface area (Å²) in [5.74, 6) is -0.367. The van der Waals surface area contributed by atoms with Gasteiger partial charge in [0.25, 0.3) is 0 Å². The van der Waals surface area contributed by atoms with Gasteiger partial charge in [0.15, 0.2) is 0 Å². The molecule has 0 bridgehead atoms. The monoisotopic (exact) mass is 282 g/mol. The van der Waals surface area contributed by atoms with Crippen molar-refractivity contribution in [1.82, 2.24) is 10.2 Å². The normalized spacial score (nSPS) is 11.0. The van der Waals surface area contributed by atoms with Crippen LogP contribution < -0.4 is 0 Å². The van der Waals surface area contributed by atoms with Crippen molar-refractivity contribution in [2.24, 2.45) is 0 Å². The molecule has 2 aromatic rings. The van der Waals surface area contributed by atoms with E-state index in [0.29, 0.717) is 10.9 Å². The summed E-state index contributed by atoms with van der Waals surface area (Å²) in [6.45, 7) is 2.13. The van der Waals surface area contributed by atoms with Crippen LogP contribution in [0.25, 0.3) is 16.6 Å². The van der Waals surface area contributed by atoms with Crippen molar-refractivity contribution in [3.63, 3.8) is 0 Å². The Morgan fingerprint density at radius 3 is 3.11 bits per heavy atom. The van der Waals surface area contributed by atoms with Crippen LogP contribution in [-0.4, -0.2) is 22.8 Å². The second-order valence-electron chi connectivity index (χ2n) is 3.39. The number of carbonyl (C=O) groups excluding carboxylic acids is 1. The molecule has 18 heavy (non-hydrogen) atoms. The van der Waals surface area contributed by atoms with Gasteiger partial charge in [0.2, 0.25) is 0 Å². The summed E-state index contributed by atoms with van der Waals surface area (Å²) in [6, 6.07) is 3.73. The summed E-state index contributed by atoms with van der Waals surface area (Å²) in [6.07, 6.45) is 4.70. The lowest BCUT2D eigenvalue weighted by atomic mass is 10.2. The number of esters is 1. The van der Waals surface area contributed by atoms with Crippen LogP contribution in [0.1, 0.15) is 12.5 Å². The summed E-state index contributed by atoms with van der Waals surface area (Å²) in [7, 11) is 0. The average molecular weight is 283 g/mol. The van der Waals surface area contributed by atoms with Gasteiger partial charge in [-0.3, -0.25) is 5.10 Å². The van der Waals surface area contributed by atoms with E-state index >= 15 is 0 Å². The number of aromatic nitrogens is 2. The van der Waals surface area contributed by atoms with Gasteiger partial charge in [0, 0.05) is 11.6 Å². The van der Waals surface area contributed by atoms with Crippen LogP contribution in [-0.2, 0) is 9.53 Å². The fraction of sp³-hybridized carbons (Fsp3) is 0.167. The molecule has 4 nitrogen and oxygen atoms in total. The standard InChI is InChI=1S/C12H11ClN2O2S/c1-2-17-11(16)6-3-8-7-14-15-12(8)9-4-5-10(13)18-9/h3-7H,2H2,1H3,(H,14,15)/b6-3+. The van der Waals surface area contributed by atoms with E-state index in [1.165, 1.54) is 17.4 Å². The zero-order valence-electron chi connectivity index (χ0n) is 9.64. The van der Waals surface area contributed by atoms with Crippen LogP contribution >= 0.6 is 22.9 Å². The Balaban J connectivity index is 2.20. The predicted molar refractivity (Wildman–Crippen MR) is 72.6 cm³/mol. The van der Waals surface area contributed by atoms with Crippen LogP contribution in [0, 0.1) is 0 Å². The Bertz CT molecular complexity index is 574. The number of rotatable bonds is 4. The molecule has 0 aliphatic heterocycles. The highest BCUT2D eigenvalue weighted by atomic mass is 35.5. The highest BCUT2D eigenvalue weighted by Crippen LogP contribution is 2.31. The first-order chi connectivity index (χ1) is 8.70. The van der Waals surface area contributed by atoms with Gasteiger partial charge in [-0.25, -0.2) is 4.79 Å². The van der Waals surface area contributed by atoms with E-state index in [1.54, 1.807) is 19.2 Å². The van der Waals surface area contributed by atoms with Gasteiger partial charge in [-0.05, 0) is 25.1 Å².